The zero-order valence-electron chi connectivity index (χ0n) is 11.8. The van der Waals surface area contributed by atoms with Gasteiger partial charge < -0.3 is 5.11 Å². The summed E-state index contributed by atoms with van der Waals surface area (Å²) >= 11 is 0. The second kappa shape index (κ2) is 5.40. The molecule has 0 bridgehead atoms. The van der Waals surface area contributed by atoms with Gasteiger partial charge in [0.1, 0.15) is 0 Å². The van der Waals surface area contributed by atoms with Gasteiger partial charge in [-0.25, -0.2) is 0 Å². The van der Waals surface area contributed by atoms with Crippen LogP contribution >= 0.6 is 0 Å². The third-order valence-electron chi connectivity index (χ3n) is 3.89. The lowest BCUT2D eigenvalue weighted by molar-refractivity contribution is 0.145. The van der Waals surface area contributed by atoms with E-state index in [0.29, 0.717) is 5.92 Å². The molecule has 1 N–H and O–H groups in total. The quantitative estimate of drug-likeness (QED) is 0.864. The lowest BCUT2D eigenvalue weighted by Crippen LogP contribution is -2.16. The third-order valence-corrected chi connectivity index (χ3v) is 3.89. The van der Waals surface area contributed by atoms with Gasteiger partial charge in [-0.15, -0.1) is 0 Å². The Hall–Kier alpha value is -0.890. The Kier molecular flexibility index (Phi) is 4.06. The van der Waals surface area contributed by atoms with Crippen LogP contribution in [0, 0.1) is 5.41 Å². The molecule has 1 atom stereocenters. The largest absolute Gasteiger partial charge is 0.388 e. The van der Waals surface area contributed by atoms with Crippen LogP contribution < -0.4 is 0 Å². The Morgan fingerprint density at radius 3 is 2.67 bits per heavy atom. The second-order valence-corrected chi connectivity index (χ2v) is 6.72. The maximum atomic E-state index is 10.4. The fraction of sp³-hybridized carbons (Fsp3) is 0.688. The van der Waals surface area contributed by atoms with Crippen molar-refractivity contribution in [3.63, 3.8) is 0 Å². The molecule has 0 aliphatic heterocycles. The first-order valence-electron chi connectivity index (χ1n) is 7.10. The molecule has 1 aromatic heterocycles. The Labute approximate surface area is 110 Å². The molecule has 0 amide bonds. The van der Waals surface area contributed by atoms with Crippen molar-refractivity contribution in [2.45, 2.75) is 64.9 Å². The number of aliphatic hydroxyl groups excluding tert-OH is 1. The van der Waals surface area contributed by atoms with Crippen LogP contribution in [0.2, 0.25) is 0 Å². The Balaban J connectivity index is 2.07. The topological polar surface area (TPSA) is 33.1 Å². The van der Waals surface area contributed by atoms with Gasteiger partial charge in [-0.05, 0) is 37.2 Å². The zero-order chi connectivity index (χ0) is 13.2. The highest BCUT2D eigenvalue weighted by Crippen LogP contribution is 2.39. The van der Waals surface area contributed by atoms with E-state index in [1.165, 1.54) is 19.3 Å². The summed E-state index contributed by atoms with van der Waals surface area (Å²) in [6.45, 7) is 6.65. The fourth-order valence-electron chi connectivity index (χ4n) is 2.46. The van der Waals surface area contributed by atoms with E-state index < -0.39 is 0 Å². The first kappa shape index (κ1) is 13.5. The minimum Gasteiger partial charge on any atom is -0.388 e. The summed E-state index contributed by atoms with van der Waals surface area (Å²) in [4.78, 5) is 4.51. The van der Waals surface area contributed by atoms with E-state index in [4.69, 9.17) is 0 Å². The number of nitrogens with zero attached hydrogens (tertiary/aromatic N) is 1. The molecule has 0 saturated heterocycles. The van der Waals surface area contributed by atoms with Gasteiger partial charge in [0.05, 0.1) is 6.10 Å². The average molecular weight is 247 g/mol. The summed E-state index contributed by atoms with van der Waals surface area (Å²) in [5.74, 6) is 0.588. The SMILES string of the molecule is CC(C)(C)CC[C@H](O)c1cccnc1C1CCC1. The van der Waals surface area contributed by atoms with E-state index in [1.807, 2.05) is 18.3 Å². The van der Waals surface area contributed by atoms with Crippen LogP contribution in [-0.2, 0) is 0 Å². The van der Waals surface area contributed by atoms with Crippen LogP contribution in [0.1, 0.15) is 76.2 Å². The highest BCUT2D eigenvalue weighted by molar-refractivity contribution is 5.26. The molecule has 1 aliphatic rings. The molecule has 2 rings (SSSR count). The molecule has 0 spiro atoms. The van der Waals surface area contributed by atoms with E-state index in [9.17, 15) is 5.11 Å². The van der Waals surface area contributed by atoms with E-state index in [0.717, 1.165) is 24.1 Å². The van der Waals surface area contributed by atoms with Crippen molar-refractivity contribution in [1.29, 1.82) is 0 Å². The molecule has 2 heteroatoms. The normalized spacial score (nSPS) is 18.4. The standard InChI is InChI=1S/C16H25NO/c1-16(2,3)10-9-14(18)13-8-5-11-17-15(13)12-6-4-7-12/h5,8,11-12,14,18H,4,6-7,9-10H2,1-3H3/t14-/m0/s1. The molecule has 2 nitrogen and oxygen atoms in total. The Morgan fingerprint density at radius 1 is 1.39 bits per heavy atom. The van der Waals surface area contributed by atoms with Gasteiger partial charge in [0, 0.05) is 23.4 Å². The van der Waals surface area contributed by atoms with Gasteiger partial charge in [0.2, 0.25) is 0 Å². The summed E-state index contributed by atoms with van der Waals surface area (Å²) in [5, 5.41) is 10.4. The van der Waals surface area contributed by atoms with E-state index in [1.54, 1.807) is 0 Å². The number of hydrogen-bond acceptors (Lipinski definition) is 2. The number of hydrogen-bond donors (Lipinski definition) is 1. The number of pyridine rings is 1. The molecular formula is C16H25NO. The molecule has 1 heterocycles. The predicted octanol–water partition coefficient (Wildman–Crippen LogP) is 4.21. The molecule has 0 aromatic carbocycles. The van der Waals surface area contributed by atoms with Crippen molar-refractivity contribution in [2.24, 2.45) is 5.41 Å². The van der Waals surface area contributed by atoms with Crippen molar-refractivity contribution in [1.82, 2.24) is 4.98 Å². The van der Waals surface area contributed by atoms with Crippen LogP contribution in [0.3, 0.4) is 0 Å². The molecule has 18 heavy (non-hydrogen) atoms. The molecule has 1 aliphatic carbocycles. The molecule has 1 saturated carbocycles. The number of rotatable bonds is 4. The molecule has 1 fully saturated rings. The lowest BCUT2D eigenvalue weighted by Gasteiger charge is -2.28. The van der Waals surface area contributed by atoms with E-state index in [-0.39, 0.29) is 11.5 Å². The van der Waals surface area contributed by atoms with E-state index in [2.05, 4.69) is 25.8 Å². The van der Waals surface area contributed by atoms with Gasteiger partial charge in [-0.2, -0.15) is 0 Å². The summed E-state index contributed by atoms with van der Waals surface area (Å²) in [5.41, 5.74) is 2.48. The van der Waals surface area contributed by atoms with Gasteiger partial charge in [0.15, 0.2) is 0 Å². The second-order valence-electron chi connectivity index (χ2n) is 6.72. The minimum absolute atomic E-state index is 0.278. The van der Waals surface area contributed by atoms with Crippen LogP contribution in [0.25, 0.3) is 0 Å². The zero-order valence-corrected chi connectivity index (χ0v) is 11.8. The smallest absolute Gasteiger partial charge is 0.0808 e. The van der Waals surface area contributed by atoms with Crippen LogP contribution in [-0.4, -0.2) is 10.1 Å². The average Bonchev–Trinajstić information content (AvgIpc) is 2.23. The van der Waals surface area contributed by atoms with Gasteiger partial charge >= 0.3 is 0 Å². The maximum Gasteiger partial charge on any atom is 0.0808 e. The van der Waals surface area contributed by atoms with Crippen molar-refractivity contribution < 1.29 is 5.11 Å². The summed E-state index contributed by atoms with van der Waals surface area (Å²) in [6, 6.07) is 3.99. The van der Waals surface area contributed by atoms with Crippen LogP contribution in [0.15, 0.2) is 18.3 Å². The Bertz CT molecular complexity index is 390. The first-order chi connectivity index (χ1) is 8.47. The summed E-state index contributed by atoms with van der Waals surface area (Å²) in [6.07, 6.45) is 7.13. The summed E-state index contributed by atoms with van der Waals surface area (Å²) < 4.78 is 0. The molecule has 0 unspecified atom stereocenters. The predicted molar refractivity (Wildman–Crippen MR) is 74.5 cm³/mol. The molecular weight excluding hydrogens is 222 g/mol. The lowest BCUT2D eigenvalue weighted by atomic mass is 9.79. The highest BCUT2D eigenvalue weighted by atomic mass is 16.3. The van der Waals surface area contributed by atoms with Crippen LogP contribution in [0.4, 0.5) is 0 Å². The van der Waals surface area contributed by atoms with Crippen molar-refractivity contribution >= 4 is 0 Å². The minimum atomic E-state index is -0.353. The van der Waals surface area contributed by atoms with Crippen molar-refractivity contribution in [3.8, 4) is 0 Å². The maximum absolute atomic E-state index is 10.4. The molecule has 1 aromatic rings. The van der Waals surface area contributed by atoms with Crippen molar-refractivity contribution in [3.05, 3.63) is 29.6 Å². The highest BCUT2D eigenvalue weighted by Gasteiger charge is 2.26. The Morgan fingerprint density at radius 2 is 2.11 bits per heavy atom. The monoisotopic (exact) mass is 247 g/mol. The fourth-order valence-corrected chi connectivity index (χ4v) is 2.46. The van der Waals surface area contributed by atoms with Gasteiger partial charge in [-0.3, -0.25) is 4.98 Å². The van der Waals surface area contributed by atoms with Crippen molar-refractivity contribution in [2.75, 3.05) is 0 Å². The van der Waals surface area contributed by atoms with Gasteiger partial charge in [0.25, 0.3) is 0 Å². The number of aliphatic hydroxyl groups is 1. The number of aromatic nitrogens is 1. The van der Waals surface area contributed by atoms with E-state index >= 15 is 0 Å². The first-order valence-corrected chi connectivity index (χ1v) is 7.10. The summed E-state index contributed by atoms with van der Waals surface area (Å²) in [7, 11) is 0. The third kappa shape index (κ3) is 3.32. The van der Waals surface area contributed by atoms with Crippen LogP contribution in [0.5, 0.6) is 0 Å². The van der Waals surface area contributed by atoms with Gasteiger partial charge in [-0.1, -0.05) is 33.3 Å². The molecule has 0 radical (unpaired) electrons. The molecule has 100 valence electrons.